The van der Waals surface area contributed by atoms with Crippen molar-refractivity contribution in [3.05, 3.63) is 78.3 Å². The normalized spacial score (nSPS) is 11.2. The van der Waals surface area contributed by atoms with Crippen LogP contribution in [0.15, 0.2) is 56.9 Å². The molecule has 2 aromatic carbocycles. The Kier molecular flexibility index (Phi) is 7.82. The van der Waals surface area contributed by atoms with Crippen LogP contribution in [0, 0.1) is 13.8 Å². The number of aryl methyl sites for hydroxylation is 3. The van der Waals surface area contributed by atoms with E-state index in [0.717, 1.165) is 34.1 Å². The number of halogens is 2. The summed E-state index contributed by atoms with van der Waals surface area (Å²) >= 11 is 12.4. The average molecular weight is 577 g/mol. The van der Waals surface area contributed by atoms with Gasteiger partial charge in [-0.2, -0.15) is 0 Å². The van der Waals surface area contributed by atoms with Crippen LogP contribution in [0.5, 0.6) is 0 Å². The number of rotatable bonds is 7. The fourth-order valence-corrected chi connectivity index (χ4v) is 6.53. The predicted molar refractivity (Wildman–Crippen MR) is 147 cm³/mol. The second kappa shape index (κ2) is 10.6. The van der Waals surface area contributed by atoms with Gasteiger partial charge in [0.2, 0.25) is 5.91 Å². The van der Waals surface area contributed by atoms with E-state index in [1.54, 1.807) is 28.0 Å². The maximum absolute atomic E-state index is 13.7. The Morgan fingerprint density at radius 2 is 2.03 bits per heavy atom. The molecule has 0 saturated heterocycles. The topological polar surface area (TPSA) is 64.0 Å². The molecule has 0 unspecified atom stereocenters. The highest BCUT2D eigenvalue weighted by molar-refractivity contribution is 9.10. The number of benzene rings is 2. The molecular weight excluding hydrogens is 554 g/mol. The second-order valence-corrected chi connectivity index (χ2v) is 11.3. The molecule has 0 aliphatic heterocycles. The van der Waals surface area contributed by atoms with Crippen molar-refractivity contribution in [3.63, 3.8) is 0 Å². The van der Waals surface area contributed by atoms with Gasteiger partial charge >= 0.3 is 0 Å². The monoisotopic (exact) mass is 575 g/mol. The summed E-state index contributed by atoms with van der Waals surface area (Å²) in [4.78, 5) is 33.2. The van der Waals surface area contributed by atoms with Crippen molar-refractivity contribution in [3.8, 4) is 5.69 Å². The highest BCUT2D eigenvalue weighted by Gasteiger charge is 2.20. The molecule has 1 amide bonds. The molecule has 34 heavy (non-hydrogen) atoms. The van der Waals surface area contributed by atoms with E-state index in [-0.39, 0.29) is 17.2 Å². The number of hydrogen-bond acceptors (Lipinski definition) is 5. The Morgan fingerprint density at radius 1 is 1.24 bits per heavy atom. The van der Waals surface area contributed by atoms with E-state index >= 15 is 0 Å². The average Bonchev–Trinajstić information content (AvgIpc) is 3.10. The molecule has 0 fully saturated rings. The number of thiophene rings is 1. The van der Waals surface area contributed by atoms with Crippen LogP contribution in [-0.4, -0.2) is 21.2 Å². The molecule has 1 N–H and O–H groups in total. The lowest BCUT2D eigenvalue weighted by molar-refractivity contribution is -0.113. The van der Waals surface area contributed by atoms with E-state index in [9.17, 15) is 9.59 Å². The predicted octanol–water partition coefficient (Wildman–Crippen LogP) is 7.16. The molecule has 176 valence electrons. The summed E-state index contributed by atoms with van der Waals surface area (Å²) in [5.41, 5.74) is 3.20. The summed E-state index contributed by atoms with van der Waals surface area (Å²) in [7, 11) is 0. The number of nitrogens with one attached hydrogen (secondary N) is 1. The highest BCUT2D eigenvalue weighted by Crippen LogP contribution is 2.31. The van der Waals surface area contributed by atoms with Crippen LogP contribution in [0.2, 0.25) is 5.02 Å². The minimum absolute atomic E-state index is 0.0856. The third-order valence-electron chi connectivity index (χ3n) is 5.31. The van der Waals surface area contributed by atoms with Gasteiger partial charge in [0.05, 0.1) is 27.5 Å². The van der Waals surface area contributed by atoms with Crippen LogP contribution >= 0.6 is 50.6 Å². The van der Waals surface area contributed by atoms with Crippen molar-refractivity contribution >= 4 is 72.4 Å². The molecule has 0 atom stereocenters. The Labute approximate surface area is 219 Å². The summed E-state index contributed by atoms with van der Waals surface area (Å²) in [6.45, 7) is 6.10. The molecule has 4 aromatic rings. The van der Waals surface area contributed by atoms with Crippen molar-refractivity contribution in [2.75, 3.05) is 11.1 Å². The number of aromatic nitrogens is 2. The number of anilines is 1. The Morgan fingerprint density at radius 3 is 2.74 bits per heavy atom. The van der Waals surface area contributed by atoms with Gasteiger partial charge in [-0.05, 0) is 61.7 Å². The second-order valence-electron chi connectivity index (χ2n) is 7.92. The molecule has 4 rings (SSSR count). The van der Waals surface area contributed by atoms with E-state index < -0.39 is 0 Å². The number of fused-ring (bicyclic) bond motifs is 1. The molecule has 0 saturated carbocycles. The standard InChI is InChI=1S/C25H23BrClN3O2S2/c1-4-6-20-15(3)22-23(34-20)29-25(30(24(22)32)17-8-5-7-14(2)11-17)33-13-21(31)28-19-10-9-16(26)12-18(19)27/h5,7-12H,4,6,13H2,1-3H3,(H,28,31). The minimum atomic E-state index is -0.228. The van der Waals surface area contributed by atoms with E-state index in [4.69, 9.17) is 16.6 Å². The molecule has 0 bridgehead atoms. The van der Waals surface area contributed by atoms with Crippen molar-refractivity contribution in [2.24, 2.45) is 0 Å². The fourth-order valence-electron chi connectivity index (χ4n) is 3.67. The summed E-state index contributed by atoms with van der Waals surface area (Å²) in [5, 5.41) is 4.43. The number of thioether (sulfide) groups is 1. The lowest BCUT2D eigenvalue weighted by atomic mass is 10.1. The Balaban J connectivity index is 1.72. The summed E-state index contributed by atoms with van der Waals surface area (Å²) in [6.07, 6.45) is 1.91. The first kappa shape index (κ1) is 25.0. The smallest absolute Gasteiger partial charge is 0.267 e. The van der Waals surface area contributed by atoms with Crippen LogP contribution in [-0.2, 0) is 11.2 Å². The molecule has 0 aliphatic rings. The summed E-state index contributed by atoms with van der Waals surface area (Å²) in [6, 6.07) is 13.0. The Hall–Kier alpha value is -2.13. The number of nitrogens with zero attached hydrogens (tertiary/aromatic N) is 2. The van der Waals surface area contributed by atoms with Gasteiger partial charge in [0.15, 0.2) is 5.16 Å². The van der Waals surface area contributed by atoms with Crippen LogP contribution in [0.1, 0.15) is 29.3 Å². The zero-order valence-corrected chi connectivity index (χ0v) is 22.9. The van der Waals surface area contributed by atoms with Crippen LogP contribution in [0.4, 0.5) is 5.69 Å². The van der Waals surface area contributed by atoms with Gasteiger partial charge in [-0.3, -0.25) is 14.2 Å². The lowest BCUT2D eigenvalue weighted by Crippen LogP contribution is -2.23. The van der Waals surface area contributed by atoms with Crippen molar-refractivity contribution in [1.29, 1.82) is 0 Å². The van der Waals surface area contributed by atoms with Crippen LogP contribution in [0.3, 0.4) is 0 Å². The van der Waals surface area contributed by atoms with E-state index in [1.807, 2.05) is 44.2 Å². The first-order chi connectivity index (χ1) is 16.3. The molecule has 5 nitrogen and oxygen atoms in total. The van der Waals surface area contributed by atoms with Gasteiger partial charge in [0.25, 0.3) is 5.56 Å². The molecule has 2 aromatic heterocycles. The maximum Gasteiger partial charge on any atom is 0.267 e. The largest absolute Gasteiger partial charge is 0.324 e. The maximum atomic E-state index is 13.7. The lowest BCUT2D eigenvalue weighted by Gasteiger charge is -2.13. The zero-order valence-electron chi connectivity index (χ0n) is 18.9. The van der Waals surface area contributed by atoms with Crippen LogP contribution in [0.25, 0.3) is 15.9 Å². The van der Waals surface area contributed by atoms with Crippen LogP contribution < -0.4 is 10.9 Å². The van der Waals surface area contributed by atoms with E-state index in [1.165, 1.54) is 16.6 Å². The number of hydrogen-bond donors (Lipinski definition) is 1. The Bertz CT molecular complexity index is 1450. The molecule has 2 heterocycles. The number of carbonyl (C=O) groups is 1. The zero-order chi connectivity index (χ0) is 24.4. The highest BCUT2D eigenvalue weighted by atomic mass is 79.9. The number of amides is 1. The van der Waals surface area contributed by atoms with Gasteiger partial charge in [-0.25, -0.2) is 4.98 Å². The third-order valence-corrected chi connectivity index (χ3v) is 8.30. The third kappa shape index (κ3) is 5.25. The van der Waals surface area contributed by atoms with Crippen molar-refractivity contribution < 1.29 is 4.79 Å². The number of carbonyl (C=O) groups excluding carboxylic acids is 1. The molecule has 0 spiro atoms. The van der Waals surface area contributed by atoms with Gasteiger partial charge in [-0.15, -0.1) is 11.3 Å². The first-order valence-corrected chi connectivity index (χ1v) is 13.8. The fraction of sp³-hybridized carbons (Fsp3) is 0.240. The van der Waals surface area contributed by atoms with E-state index in [0.29, 0.717) is 26.1 Å². The van der Waals surface area contributed by atoms with E-state index in [2.05, 4.69) is 28.2 Å². The van der Waals surface area contributed by atoms with Gasteiger partial charge in [0, 0.05) is 9.35 Å². The van der Waals surface area contributed by atoms with Gasteiger partial charge < -0.3 is 5.32 Å². The van der Waals surface area contributed by atoms with Crippen molar-refractivity contribution in [1.82, 2.24) is 9.55 Å². The van der Waals surface area contributed by atoms with Gasteiger partial charge in [0.1, 0.15) is 4.83 Å². The SMILES string of the molecule is CCCc1sc2nc(SCC(=O)Nc3ccc(Br)cc3Cl)n(-c3cccc(C)c3)c(=O)c2c1C. The quantitative estimate of drug-likeness (QED) is 0.187. The molecule has 0 aliphatic carbocycles. The molecular formula is C25H23BrClN3O2S2. The summed E-state index contributed by atoms with van der Waals surface area (Å²) in [5.74, 6) is -0.143. The molecule has 0 radical (unpaired) electrons. The molecule has 9 heteroatoms. The van der Waals surface area contributed by atoms with Gasteiger partial charge in [-0.1, -0.05) is 64.8 Å². The minimum Gasteiger partial charge on any atom is -0.324 e. The van der Waals surface area contributed by atoms with Crippen molar-refractivity contribution in [2.45, 2.75) is 38.8 Å². The summed E-state index contributed by atoms with van der Waals surface area (Å²) < 4.78 is 2.45. The first-order valence-electron chi connectivity index (χ1n) is 10.8.